The van der Waals surface area contributed by atoms with E-state index in [9.17, 15) is 9.90 Å². The number of anilines is 1. The van der Waals surface area contributed by atoms with Crippen molar-refractivity contribution >= 4 is 23.2 Å². The number of hydrogen-bond donors (Lipinski definition) is 2. The predicted octanol–water partition coefficient (Wildman–Crippen LogP) is 2.89. The van der Waals surface area contributed by atoms with E-state index in [4.69, 9.17) is 16.3 Å². The number of amides is 1. The van der Waals surface area contributed by atoms with Gasteiger partial charge in [-0.1, -0.05) is 41.9 Å². The average molecular weight is 347 g/mol. The molecule has 6 heteroatoms. The van der Waals surface area contributed by atoms with Crippen LogP contribution in [0.2, 0.25) is 5.02 Å². The molecule has 24 heavy (non-hydrogen) atoms. The minimum absolute atomic E-state index is 0.0161. The van der Waals surface area contributed by atoms with E-state index in [-0.39, 0.29) is 16.7 Å². The Balaban J connectivity index is 1.59. The van der Waals surface area contributed by atoms with E-state index in [0.29, 0.717) is 18.8 Å². The topological polar surface area (TPSA) is 61.8 Å². The third kappa shape index (κ3) is 4.26. The van der Waals surface area contributed by atoms with Crippen LogP contribution in [0.5, 0.6) is 5.75 Å². The molecular weight excluding hydrogens is 328 g/mol. The number of hydrogen-bond acceptors (Lipinski definition) is 4. The monoisotopic (exact) mass is 346 g/mol. The smallest absolute Gasteiger partial charge is 0.254 e. The lowest BCUT2D eigenvalue weighted by atomic mass is 10.2. The summed E-state index contributed by atoms with van der Waals surface area (Å²) in [4.78, 5) is 14.6. The molecular formula is C18H19ClN2O3. The minimum atomic E-state index is -0.532. The minimum Gasteiger partial charge on any atom is -0.506 e. The Bertz CT molecular complexity index is 709. The van der Waals surface area contributed by atoms with E-state index in [1.165, 1.54) is 17.7 Å². The van der Waals surface area contributed by atoms with Crippen molar-refractivity contribution in [2.24, 2.45) is 0 Å². The van der Waals surface area contributed by atoms with Gasteiger partial charge in [0.05, 0.1) is 11.6 Å². The summed E-state index contributed by atoms with van der Waals surface area (Å²) in [5.41, 5.74) is 1.75. The first-order valence-corrected chi connectivity index (χ1v) is 8.17. The van der Waals surface area contributed by atoms with Crippen molar-refractivity contribution < 1.29 is 14.6 Å². The van der Waals surface area contributed by atoms with Gasteiger partial charge in [0.25, 0.3) is 5.91 Å². The van der Waals surface area contributed by atoms with Crippen LogP contribution in [-0.2, 0) is 16.1 Å². The number of ether oxygens (including phenoxy) is 1. The van der Waals surface area contributed by atoms with Gasteiger partial charge >= 0.3 is 0 Å². The van der Waals surface area contributed by atoms with Crippen LogP contribution >= 0.6 is 11.6 Å². The molecule has 1 atom stereocenters. The van der Waals surface area contributed by atoms with Gasteiger partial charge in [0.2, 0.25) is 0 Å². The zero-order chi connectivity index (χ0) is 16.9. The van der Waals surface area contributed by atoms with E-state index < -0.39 is 6.10 Å². The fourth-order valence-electron chi connectivity index (χ4n) is 2.65. The highest BCUT2D eigenvalue weighted by Crippen LogP contribution is 2.26. The molecule has 1 amide bonds. The van der Waals surface area contributed by atoms with Gasteiger partial charge in [-0.2, -0.15) is 0 Å². The second-order valence-electron chi connectivity index (χ2n) is 5.74. The summed E-state index contributed by atoms with van der Waals surface area (Å²) < 4.78 is 5.60. The molecule has 0 saturated carbocycles. The lowest BCUT2D eigenvalue weighted by Gasteiger charge is -2.32. The highest BCUT2D eigenvalue weighted by atomic mass is 35.5. The van der Waals surface area contributed by atoms with Gasteiger partial charge in [-0.25, -0.2) is 0 Å². The Hall–Kier alpha value is -2.08. The molecule has 1 aliphatic rings. The summed E-state index contributed by atoms with van der Waals surface area (Å²) >= 11 is 5.86. The Morgan fingerprint density at radius 3 is 2.83 bits per heavy atom. The zero-order valence-corrected chi connectivity index (χ0v) is 13.9. The third-order valence-electron chi connectivity index (χ3n) is 3.91. The summed E-state index contributed by atoms with van der Waals surface area (Å²) in [5.74, 6) is -0.230. The third-order valence-corrected chi connectivity index (χ3v) is 4.21. The van der Waals surface area contributed by atoms with Gasteiger partial charge in [0.15, 0.2) is 0 Å². The molecule has 2 N–H and O–H groups in total. The first-order valence-electron chi connectivity index (χ1n) is 7.79. The number of aromatic hydroxyl groups is 1. The molecule has 3 rings (SSSR count). The molecule has 0 radical (unpaired) electrons. The Morgan fingerprint density at radius 1 is 1.29 bits per heavy atom. The van der Waals surface area contributed by atoms with Crippen molar-refractivity contribution in [3.8, 4) is 5.75 Å². The number of phenols is 1. The van der Waals surface area contributed by atoms with Crippen LogP contribution in [0.3, 0.4) is 0 Å². The SMILES string of the molecule is O=C(Nc1ccc(O)c(Cl)c1)C1CN(Cc2ccccc2)CCO1. The lowest BCUT2D eigenvalue weighted by molar-refractivity contribution is -0.133. The molecule has 0 bridgehead atoms. The van der Waals surface area contributed by atoms with Crippen LogP contribution < -0.4 is 5.32 Å². The molecule has 1 unspecified atom stereocenters. The maximum Gasteiger partial charge on any atom is 0.254 e. The summed E-state index contributed by atoms with van der Waals surface area (Å²) in [6.07, 6.45) is -0.532. The van der Waals surface area contributed by atoms with Crippen LogP contribution in [-0.4, -0.2) is 41.7 Å². The van der Waals surface area contributed by atoms with Crippen molar-refractivity contribution in [1.82, 2.24) is 4.90 Å². The van der Waals surface area contributed by atoms with E-state index in [0.717, 1.165) is 13.1 Å². The zero-order valence-electron chi connectivity index (χ0n) is 13.1. The van der Waals surface area contributed by atoms with Crippen LogP contribution in [0, 0.1) is 0 Å². The number of nitrogens with one attached hydrogen (secondary N) is 1. The number of rotatable bonds is 4. The van der Waals surface area contributed by atoms with Crippen molar-refractivity contribution in [3.05, 3.63) is 59.1 Å². The number of halogens is 1. The maximum atomic E-state index is 12.4. The highest BCUT2D eigenvalue weighted by molar-refractivity contribution is 6.32. The van der Waals surface area contributed by atoms with Crippen LogP contribution in [0.4, 0.5) is 5.69 Å². The van der Waals surface area contributed by atoms with E-state index in [1.807, 2.05) is 18.2 Å². The van der Waals surface area contributed by atoms with E-state index in [1.54, 1.807) is 6.07 Å². The van der Waals surface area contributed by atoms with E-state index in [2.05, 4.69) is 22.3 Å². The molecule has 1 heterocycles. The van der Waals surface area contributed by atoms with Gasteiger partial charge in [-0.3, -0.25) is 9.69 Å². The van der Waals surface area contributed by atoms with Crippen molar-refractivity contribution in [3.63, 3.8) is 0 Å². The maximum absolute atomic E-state index is 12.4. The van der Waals surface area contributed by atoms with Gasteiger partial charge in [-0.15, -0.1) is 0 Å². The first-order chi connectivity index (χ1) is 11.6. The molecule has 1 aliphatic heterocycles. The Kier molecular flexibility index (Phi) is 5.35. The molecule has 5 nitrogen and oxygen atoms in total. The van der Waals surface area contributed by atoms with Gasteiger partial charge in [-0.05, 0) is 23.8 Å². The average Bonchev–Trinajstić information content (AvgIpc) is 2.59. The normalized spacial score (nSPS) is 18.3. The molecule has 1 saturated heterocycles. The van der Waals surface area contributed by atoms with Crippen molar-refractivity contribution in [2.75, 3.05) is 25.0 Å². The van der Waals surface area contributed by atoms with Crippen LogP contribution in [0.15, 0.2) is 48.5 Å². The predicted molar refractivity (Wildman–Crippen MR) is 93.2 cm³/mol. The molecule has 2 aromatic rings. The lowest BCUT2D eigenvalue weighted by Crippen LogP contribution is -2.47. The summed E-state index contributed by atoms with van der Waals surface area (Å²) in [6.45, 7) is 2.64. The molecule has 2 aromatic carbocycles. The molecule has 0 aromatic heterocycles. The standard InChI is InChI=1S/C18H19ClN2O3/c19-15-10-14(6-7-16(15)22)20-18(23)17-12-21(8-9-24-17)11-13-4-2-1-3-5-13/h1-7,10,17,22H,8-9,11-12H2,(H,20,23). The number of carbonyl (C=O) groups is 1. The van der Waals surface area contributed by atoms with Gasteiger partial charge < -0.3 is 15.2 Å². The van der Waals surface area contributed by atoms with E-state index >= 15 is 0 Å². The fraction of sp³-hybridized carbons (Fsp3) is 0.278. The molecule has 0 spiro atoms. The number of phenolic OH excluding ortho intramolecular Hbond substituents is 1. The summed E-state index contributed by atoms with van der Waals surface area (Å²) in [7, 11) is 0. The highest BCUT2D eigenvalue weighted by Gasteiger charge is 2.26. The first kappa shape index (κ1) is 16.8. The Labute approximate surface area is 145 Å². The number of nitrogens with zero attached hydrogens (tertiary/aromatic N) is 1. The molecule has 1 fully saturated rings. The summed E-state index contributed by atoms with van der Waals surface area (Å²) in [5, 5.41) is 12.4. The Morgan fingerprint density at radius 2 is 2.08 bits per heavy atom. The van der Waals surface area contributed by atoms with Crippen molar-refractivity contribution in [2.45, 2.75) is 12.6 Å². The van der Waals surface area contributed by atoms with Crippen LogP contribution in [0.1, 0.15) is 5.56 Å². The van der Waals surface area contributed by atoms with Gasteiger partial charge in [0, 0.05) is 25.3 Å². The quantitative estimate of drug-likeness (QED) is 0.836. The number of morpholine rings is 1. The molecule has 0 aliphatic carbocycles. The van der Waals surface area contributed by atoms with Crippen molar-refractivity contribution in [1.29, 1.82) is 0 Å². The van der Waals surface area contributed by atoms with Gasteiger partial charge in [0.1, 0.15) is 11.9 Å². The second kappa shape index (κ2) is 7.66. The molecule has 126 valence electrons. The fourth-order valence-corrected chi connectivity index (χ4v) is 2.83. The number of benzene rings is 2. The van der Waals surface area contributed by atoms with Crippen LogP contribution in [0.25, 0.3) is 0 Å². The number of carbonyl (C=O) groups excluding carboxylic acids is 1. The largest absolute Gasteiger partial charge is 0.506 e. The summed E-state index contributed by atoms with van der Waals surface area (Å²) in [6, 6.07) is 14.7. The second-order valence-corrected chi connectivity index (χ2v) is 6.14.